The second-order valence-corrected chi connectivity index (χ2v) is 12.3. The zero-order valence-electron chi connectivity index (χ0n) is 24.3. The number of aryl methyl sites for hydroxylation is 3. The summed E-state index contributed by atoms with van der Waals surface area (Å²) in [5, 5.41) is 6.42. The van der Waals surface area contributed by atoms with E-state index in [1.807, 2.05) is 69.3 Å². The second kappa shape index (κ2) is 12.9. The van der Waals surface area contributed by atoms with Crippen LogP contribution in [-0.2, 0) is 21.4 Å². The molecule has 218 valence electrons. The molecule has 0 aliphatic heterocycles. The number of fused-ring (bicyclic) bond motifs is 1. The molecule has 0 aliphatic rings. The van der Waals surface area contributed by atoms with E-state index in [0.29, 0.717) is 18.0 Å². The van der Waals surface area contributed by atoms with Gasteiger partial charge >= 0.3 is 0 Å². The predicted molar refractivity (Wildman–Crippen MR) is 172 cm³/mol. The standard InChI is InChI=1S/C35H33N3O4S/c1-25-9-18-33(19-10-25)43(40,41)38(34-20-26(2)8-11-27(34)3)23-35(39)37-36-22-28-13-16-32(17-14-28)42-24-29-12-15-30-6-4-5-7-31(30)21-29/h4-22H,23-24H2,1-3H3,(H,37,39)/b36-22-. The van der Waals surface area contributed by atoms with Crippen molar-refractivity contribution in [2.75, 3.05) is 10.8 Å². The van der Waals surface area contributed by atoms with E-state index in [1.165, 1.54) is 17.0 Å². The Bertz CT molecular complexity index is 1880. The van der Waals surface area contributed by atoms with Gasteiger partial charge in [-0.25, -0.2) is 13.8 Å². The van der Waals surface area contributed by atoms with Gasteiger partial charge in [-0.05, 0) is 102 Å². The lowest BCUT2D eigenvalue weighted by Gasteiger charge is -2.25. The number of ether oxygens (including phenoxy) is 1. The summed E-state index contributed by atoms with van der Waals surface area (Å²) in [4.78, 5) is 13.1. The molecule has 0 unspecified atom stereocenters. The molecule has 0 atom stereocenters. The normalized spacial score (nSPS) is 11.5. The molecule has 5 rings (SSSR count). The molecule has 8 heteroatoms. The van der Waals surface area contributed by atoms with Crippen LogP contribution >= 0.6 is 0 Å². The summed E-state index contributed by atoms with van der Waals surface area (Å²) in [5.41, 5.74) is 7.29. The number of hydrogen-bond acceptors (Lipinski definition) is 5. The molecule has 0 spiro atoms. The Morgan fingerprint density at radius 2 is 1.51 bits per heavy atom. The maximum atomic E-state index is 13.7. The fraction of sp³-hybridized carbons (Fsp3) is 0.143. The molecular formula is C35H33N3O4S. The van der Waals surface area contributed by atoms with Crippen LogP contribution in [0, 0.1) is 20.8 Å². The quantitative estimate of drug-likeness (QED) is 0.145. The Labute approximate surface area is 252 Å². The van der Waals surface area contributed by atoms with Crippen molar-refractivity contribution >= 4 is 38.6 Å². The van der Waals surface area contributed by atoms with Crippen molar-refractivity contribution in [3.63, 3.8) is 0 Å². The third kappa shape index (κ3) is 7.28. The van der Waals surface area contributed by atoms with E-state index in [9.17, 15) is 13.2 Å². The third-order valence-corrected chi connectivity index (χ3v) is 8.81. The molecule has 43 heavy (non-hydrogen) atoms. The molecule has 5 aromatic rings. The summed E-state index contributed by atoms with van der Waals surface area (Å²) >= 11 is 0. The van der Waals surface area contributed by atoms with Gasteiger partial charge in [0.25, 0.3) is 15.9 Å². The van der Waals surface area contributed by atoms with Crippen LogP contribution in [0.1, 0.15) is 27.8 Å². The highest BCUT2D eigenvalue weighted by Gasteiger charge is 2.28. The summed E-state index contributed by atoms with van der Waals surface area (Å²) < 4.78 is 34.4. The van der Waals surface area contributed by atoms with Crippen LogP contribution in [0.5, 0.6) is 5.75 Å². The van der Waals surface area contributed by atoms with Crippen molar-refractivity contribution in [3.8, 4) is 5.75 Å². The minimum atomic E-state index is -4.02. The van der Waals surface area contributed by atoms with Gasteiger partial charge in [0, 0.05) is 0 Å². The van der Waals surface area contributed by atoms with Crippen LogP contribution < -0.4 is 14.5 Å². The highest BCUT2D eigenvalue weighted by atomic mass is 32.2. The van der Waals surface area contributed by atoms with Gasteiger partial charge in [-0.3, -0.25) is 9.10 Å². The minimum absolute atomic E-state index is 0.109. The number of nitrogens with one attached hydrogen (secondary N) is 1. The van der Waals surface area contributed by atoms with Crippen molar-refractivity contribution in [2.24, 2.45) is 5.10 Å². The number of benzene rings is 5. The van der Waals surface area contributed by atoms with E-state index in [1.54, 1.807) is 30.3 Å². The fourth-order valence-electron chi connectivity index (χ4n) is 4.62. The van der Waals surface area contributed by atoms with Gasteiger partial charge in [-0.15, -0.1) is 0 Å². The Hall–Kier alpha value is -4.95. The van der Waals surface area contributed by atoms with Crippen LogP contribution in [0.4, 0.5) is 5.69 Å². The van der Waals surface area contributed by atoms with Gasteiger partial charge in [-0.1, -0.05) is 66.2 Å². The number of nitrogens with zero attached hydrogens (tertiary/aromatic N) is 2. The number of rotatable bonds is 10. The lowest BCUT2D eigenvalue weighted by Crippen LogP contribution is -2.40. The van der Waals surface area contributed by atoms with Crippen molar-refractivity contribution in [1.29, 1.82) is 0 Å². The van der Waals surface area contributed by atoms with Gasteiger partial charge in [0.15, 0.2) is 0 Å². The van der Waals surface area contributed by atoms with Crippen LogP contribution in [0.2, 0.25) is 0 Å². The van der Waals surface area contributed by atoms with E-state index >= 15 is 0 Å². The van der Waals surface area contributed by atoms with E-state index in [2.05, 4.69) is 40.9 Å². The molecule has 1 N–H and O–H groups in total. The number of carbonyl (C=O) groups is 1. The molecule has 0 saturated heterocycles. The van der Waals surface area contributed by atoms with Gasteiger partial charge in [0.2, 0.25) is 0 Å². The number of carbonyl (C=O) groups excluding carboxylic acids is 1. The van der Waals surface area contributed by atoms with Gasteiger partial charge in [0.1, 0.15) is 18.9 Å². The molecule has 0 bridgehead atoms. The van der Waals surface area contributed by atoms with Gasteiger partial charge < -0.3 is 4.74 Å². The zero-order valence-corrected chi connectivity index (χ0v) is 25.1. The first kappa shape index (κ1) is 29.5. The summed E-state index contributed by atoms with van der Waals surface area (Å²) in [6.07, 6.45) is 1.50. The summed E-state index contributed by atoms with van der Waals surface area (Å²) in [7, 11) is -4.02. The molecule has 0 heterocycles. The Morgan fingerprint density at radius 3 is 2.26 bits per heavy atom. The average Bonchev–Trinajstić information content (AvgIpc) is 3.01. The van der Waals surface area contributed by atoms with Gasteiger partial charge in [-0.2, -0.15) is 5.10 Å². The molecule has 0 fully saturated rings. The largest absolute Gasteiger partial charge is 0.489 e. The number of anilines is 1. The monoisotopic (exact) mass is 591 g/mol. The highest BCUT2D eigenvalue weighted by Crippen LogP contribution is 2.28. The Kier molecular flexibility index (Phi) is 8.87. The predicted octanol–water partition coefficient (Wildman–Crippen LogP) is 6.69. The Balaban J connectivity index is 1.23. The number of hydrogen-bond donors (Lipinski definition) is 1. The minimum Gasteiger partial charge on any atom is -0.489 e. The zero-order chi connectivity index (χ0) is 30.4. The van der Waals surface area contributed by atoms with E-state index in [4.69, 9.17) is 4.74 Å². The lowest BCUT2D eigenvalue weighted by atomic mass is 10.1. The maximum absolute atomic E-state index is 13.7. The SMILES string of the molecule is Cc1ccc(S(=O)(=O)N(CC(=O)N/N=C\c2ccc(OCc3ccc4ccccc4c3)cc2)c2cc(C)ccc2C)cc1. The molecular weight excluding hydrogens is 558 g/mol. The second-order valence-electron chi connectivity index (χ2n) is 10.4. The molecule has 0 radical (unpaired) electrons. The number of amides is 1. The lowest BCUT2D eigenvalue weighted by molar-refractivity contribution is -0.119. The molecule has 5 aromatic carbocycles. The number of sulfonamides is 1. The van der Waals surface area contributed by atoms with Crippen molar-refractivity contribution < 1.29 is 17.9 Å². The van der Waals surface area contributed by atoms with Crippen LogP contribution in [-0.4, -0.2) is 27.1 Å². The highest BCUT2D eigenvalue weighted by molar-refractivity contribution is 7.92. The Morgan fingerprint density at radius 1 is 0.814 bits per heavy atom. The van der Waals surface area contributed by atoms with Crippen LogP contribution in [0.25, 0.3) is 10.8 Å². The summed E-state index contributed by atoms with van der Waals surface area (Å²) in [6, 6.07) is 33.9. The van der Waals surface area contributed by atoms with Crippen molar-refractivity contribution in [1.82, 2.24) is 5.43 Å². The summed E-state index contributed by atoms with van der Waals surface area (Å²) in [5.74, 6) is 0.142. The topological polar surface area (TPSA) is 88.1 Å². The molecule has 0 aromatic heterocycles. The van der Waals surface area contributed by atoms with Gasteiger partial charge in [0.05, 0.1) is 16.8 Å². The average molecular weight is 592 g/mol. The molecule has 7 nitrogen and oxygen atoms in total. The van der Waals surface area contributed by atoms with E-state index in [0.717, 1.165) is 32.1 Å². The molecule has 0 saturated carbocycles. The van der Waals surface area contributed by atoms with Crippen LogP contribution in [0.3, 0.4) is 0 Å². The molecule has 0 aliphatic carbocycles. The first-order valence-corrected chi connectivity index (χ1v) is 15.3. The maximum Gasteiger partial charge on any atom is 0.264 e. The van der Waals surface area contributed by atoms with Crippen LogP contribution in [0.15, 0.2) is 119 Å². The van der Waals surface area contributed by atoms with Crippen molar-refractivity contribution in [2.45, 2.75) is 32.3 Å². The van der Waals surface area contributed by atoms with Crippen molar-refractivity contribution in [3.05, 3.63) is 137 Å². The summed E-state index contributed by atoms with van der Waals surface area (Å²) in [6.45, 7) is 5.59. The number of hydrazone groups is 1. The third-order valence-electron chi connectivity index (χ3n) is 7.03. The first-order valence-electron chi connectivity index (χ1n) is 13.9. The van der Waals surface area contributed by atoms with E-state index in [-0.39, 0.29) is 4.90 Å². The molecule has 1 amide bonds. The fourth-order valence-corrected chi connectivity index (χ4v) is 6.09. The van der Waals surface area contributed by atoms with E-state index < -0.39 is 22.5 Å². The smallest absolute Gasteiger partial charge is 0.264 e. The first-order chi connectivity index (χ1) is 20.7.